The Morgan fingerprint density at radius 3 is 2.33 bits per heavy atom. The van der Waals surface area contributed by atoms with Crippen LogP contribution in [0, 0.1) is 18.8 Å². The summed E-state index contributed by atoms with van der Waals surface area (Å²) in [5.41, 5.74) is 6.75. The van der Waals surface area contributed by atoms with Gasteiger partial charge in [-0.05, 0) is 30.7 Å². The summed E-state index contributed by atoms with van der Waals surface area (Å²) in [5.74, 6) is 5.59. The van der Waals surface area contributed by atoms with Crippen LogP contribution in [0.25, 0.3) is 0 Å². The monoisotopic (exact) mass is 312 g/mol. The van der Waals surface area contributed by atoms with Gasteiger partial charge in [-0.3, -0.25) is 0 Å². The van der Waals surface area contributed by atoms with Gasteiger partial charge >= 0.3 is 0 Å². The second kappa shape index (κ2) is 8.12. The molecular weight excluding hydrogens is 292 g/mol. The largest absolute Gasteiger partial charge is 0.395 e. The molecule has 116 valence electrons. The Morgan fingerprint density at radius 1 is 1.24 bits per heavy atom. The van der Waals surface area contributed by atoms with Gasteiger partial charge < -0.3 is 15.9 Å². The summed E-state index contributed by atoms with van der Waals surface area (Å²) < 4.78 is 25.9. The molecular formula is C14H20N2O4S. The van der Waals surface area contributed by atoms with Crippen LogP contribution in [0.15, 0.2) is 23.1 Å². The van der Waals surface area contributed by atoms with Crippen molar-refractivity contribution in [3.8, 4) is 11.8 Å². The first-order chi connectivity index (χ1) is 9.97. The molecule has 0 fully saturated rings. The SMILES string of the molecule is Cc1cc(S(=O)(=O)N(CCO)CCO)ccc1C#CCN. The highest BCUT2D eigenvalue weighted by atomic mass is 32.2. The number of nitrogens with two attached hydrogens (primary N) is 1. The van der Waals surface area contributed by atoms with Crippen molar-refractivity contribution in [3.05, 3.63) is 29.3 Å². The van der Waals surface area contributed by atoms with E-state index in [4.69, 9.17) is 15.9 Å². The third kappa shape index (κ3) is 4.52. The van der Waals surface area contributed by atoms with Crippen LogP contribution < -0.4 is 5.73 Å². The molecule has 6 nitrogen and oxygen atoms in total. The highest BCUT2D eigenvalue weighted by molar-refractivity contribution is 7.89. The Hall–Kier alpha value is -1.43. The molecule has 7 heteroatoms. The summed E-state index contributed by atoms with van der Waals surface area (Å²) in [6.07, 6.45) is 0. The minimum Gasteiger partial charge on any atom is -0.395 e. The van der Waals surface area contributed by atoms with Crippen LogP contribution in [-0.2, 0) is 10.0 Å². The predicted octanol–water partition coefficient (Wildman–Crippen LogP) is -0.719. The molecule has 0 unspecified atom stereocenters. The summed E-state index contributed by atoms with van der Waals surface area (Å²) in [7, 11) is -3.74. The molecule has 0 spiro atoms. The summed E-state index contributed by atoms with van der Waals surface area (Å²) in [5, 5.41) is 17.9. The number of hydrogen-bond acceptors (Lipinski definition) is 5. The van der Waals surface area contributed by atoms with E-state index in [1.165, 1.54) is 12.1 Å². The van der Waals surface area contributed by atoms with Gasteiger partial charge in [-0.2, -0.15) is 4.31 Å². The van der Waals surface area contributed by atoms with Crippen molar-refractivity contribution in [3.63, 3.8) is 0 Å². The molecule has 0 amide bonds. The van der Waals surface area contributed by atoms with E-state index in [2.05, 4.69) is 11.8 Å². The zero-order chi connectivity index (χ0) is 15.9. The van der Waals surface area contributed by atoms with Crippen molar-refractivity contribution in [2.24, 2.45) is 5.73 Å². The minimum absolute atomic E-state index is 0.0589. The van der Waals surface area contributed by atoms with E-state index in [1.807, 2.05) is 0 Å². The zero-order valence-corrected chi connectivity index (χ0v) is 12.7. The van der Waals surface area contributed by atoms with E-state index in [0.29, 0.717) is 0 Å². The lowest BCUT2D eigenvalue weighted by atomic mass is 10.1. The Morgan fingerprint density at radius 2 is 1.86 bits per heavy atom. The smallest absolute Gasteiger partial charge is 0.243 e. The molecule has 0 aliphatic rings. The molecule has 1 rings (SSSR count). The lowest BCUT2D eigenvalue weighted by Crippen LogP contribution is -2.35. The van der Waals surface area contributed by atoms with Crippen LogP contribution >= 0.6 is 0 Å². The summed E-state index contributed by atoms with van der Waals surface area (Å²) in [6.45, 7) is 1.27. The van der Waals surface area contributed by atoms with Crippen LogP contribution in [-0.4, -0.2) is 55.8 Å². The quantitative estimate of drug-likeness (QED) is 0.602. The number of sulfonamides is 1. The molecule has 0 atom stereocenters. The van der Waals surface area contributed by atoms with Gasteiger partial charge in [0.25, 0.3) is 0 Å². The fraction of sp³-hybridized carbons (Fsp3) is 0.429. The number of hydrogen-bond donors (Lipinski definition) is 3. The second-order valence-corrected chi connectivity index (χ2v) is 6.27. The van der Waals surface area contributed by atoms with E-state index in [-0.39, 0.29) is 37.7 Å². The summed E-state index contributed by atoms with van der Waals surface area (Å²) in [6, 6.07) is 4.61. The van der Waals surface area contributed by atoms with Crippen LogP contribution in [0.4, 0.5) is 0 Å². The van der Waals surface area contributed by atoms with Gasteiger partial charge in [0.05, 0.1) is 24.7 Å². The first kappa shape index (κ1) is 17.6. The van der Waals surface area contributed by atoms with Crippen molar-refractivity contribution < 1.29 is 18.6 Å². The number of nitrogens with zero attached hydrogens (tertiary/aromatic N) is 1. The Balaban J connectivity index is 3.16. The fourth-order valence-electron chi connectivity index (χ4n) is 1.81. The lowest BCUT2D eigenvalue weighted by molar-refractivity contribution is 0.217. The first-order valence-corrected chi connectivity index (χ1v) is 7.92. The number of rotatable bonds is 6. The van der Waals surface area contributed by atoms with Gasteiger partial charge in [0.15, 0.2) is 0 Å². The minimum atomic E-state index is -3.74. The third-order valence-corrected chi connectivity index (χ3v) is 4.75. The molecule has 1 aromatic rings. The number of aliphatic hydroxyl groups excluding tert-OH is 2. The molecule has 0 heterocycles. The fourth-order valence-corrected chi connectivity index (χ4v) is 3.32. The standard InChI is InChI=1S/C14H20N2O4S/c1-12-11-14(5-4-13(12)3-2-6-15)21(19,20)16(7-9-17)8-10-18/h4-5,11,17-18H,6-10,15H2,1H3. The highest BCUT2D eigenvalue weighted by Crippen LogP contribution is 2.19. The van der Waals surface area contributed by atoms with Gasteiger partial charge in [0.2, 0.25) is 10.0 Å². The van der Waals surface area contributed by atoms with Gasteiger partial charge in [-0.15, -0.1) is 0 Å². The van der Waals surface area contributed by atoms with E-state index < -0.39 is 10.0 Å². The Labute approximate surface area is 125 Å². The topological polar surface area (TPSA) is 104 Å². The Bertz CT molecular complexity index is 626. The zero-order valence-electron chi connectivity index (χ0n) is 11.9. The molecule has 0 aliphatic carbocycles. The van der Waals surface area contributed by atoms with Crippen LogP contribution in [0.2, 0.25) is 0 Å². The Kier molecular flexibility index (Phi) is 6.81. The molecule has 21 heavy (non-hydrogen) atoms. The number of aliphatic hydroxyl groups is 2. The van der Waals surface area contributed by atoms with Crippen molar-refractivity contribution >= 4 is 10.0 Å². The average Bonchev–Trinajstić information content (AvgIpc) is 2.45. The molecule has 0 radical (unpaired) electrons. The van der Waals surface area contributed by atoms with Crippen molar-refractivity contribution in [1.82, 2.24) is 4.31 Å². The van der Waals surface area contributed by atoms with Crippen LogP contribution in [0.3, 0.4) is 0 Å². The molecule has 4 N–H and O–H groups in total. The lowest BCUT2D eigenvalue weighted by Gasteiger charge is -2.20. The van der Waals surface area contributed by atoms with E-state index in [1.54, 1.807) is 13.0 Å². The molecule has 0 saturated heterocycles. The molecule has 0 aromatic heterocycles. The summed E-state index contributed by atoms with van der Waals surface area (Å²) >= 11 is 0. The number of aryl methyl sites for hydroxylation is 1. The van der Waals surface area contributed by atoms with Crippen LogP contribution in [0.1, 0.15) is 11.1 Å². The third-order valence-electron chi connectivity index (χ3n) is 2.86. The van der Waals surface area contributed by atoms with E-state index in [9.17, 15) is 8.42 Å². The first-order valence-electron chi connectivity index (χ1n) is 6.48. The highest BCUT2D eigenvalue weighted by Gasteiger charge is 2.23. The maximum atomic E-state index is 12.4. The predicted molar refractivity (Wildman–Crippen MR) is 80.0 cm³/mol. The van der Waals surface area contributed by atoms with Crippen molar-refractivity contribution in [2.75, 3.05) is 32.8 Å². The van der Waals surface area contributed by atoms with Gasteiger partial charge in [0.1, 0.15) is 0 Å². The average molecular weight is 312 g/mol. The molecule has 1 aromatic carbocycles. The van der Waals surface area contributed by atoms with E-state index in [0.717, 1.165) is 15.4 Å². The second-order valence-electron chi connectivity index (χ2n) is 4.33. The van der Waals surface area contributed by atoms with Crippen molar-refractivity contribution in [1.29, 1.82) is 0 Å². The van der Waals surface area contributed by atoms with E-state index >= 15 is 0 Å². The maximum absolute atomic E-state index is 12.4. The van der Waals surface area contributed by atoms with Gasteiger partial charge in [-0.1, -0.05) is 11.8 Å². The molecule has 0 aliphatic heterocycles. The number of benzene rings is 1. The molecule has 0 bridgehead atoms. The summed E-state index contributed by atoms with van der Waals surface area (Å²) in [4.78, 5) is 0.111. The maximum Gasteiger partial charge on any atom is 0.243 e. The van der Waals surface area contributed by atoms with Gasteiger partial charge in [-0.25, -0.2) is 8.42 Å². The normalized spacial score (nSPS) is 11.3. The van der Waals surface area contributed by atoms with Gasteiger partial charge in [0, 0.05) is 18.7 Å². The van der Waals surface area contributed by atoms with Crippen LogP contribution in [0.5, 0.6) is 0 Å². The van der Waals surface area contributed by atoms with Crippen molar-refractivity contribution in [2.45, 2.75) is 11.8 Å². The molecule has 0 saturated carbocycles.